The minimum atomic E-state index is -0.371. The van der Waals surface area contributed by atoms with E-state index in [9.17, 15) is 9.59 Å². The van der Waals surface area contributed by atoms with E-state index in [4.69, 9.17) is 14.2 Å². The number of carbonyl (C=O) groups excluding carboxylic acids is 2. The Balaban J connectivity index is 1.76. The van der Waals surface area contributed by atoms with Gasteiger partial charge < -0.3 is 24.8 Å². The molecule has 0 aromatic heterocycles. The molecule has 0 atom stereocenters. The van der Waals surface area contributed by atoms with Gasteiger partial charge in [-0.25, -0.2) is 0 Å². The lowest BCUT2D eigenvalue weighted by molar-refractivity contribution is -0.126. The smallest absolute Gasteiger partial charge is 0.233 e. The van der Waals surface area contributed by atoms with Crippen LogP contribution in [-0.2, 0) is 16.0 Å². The van der Waals surface area contributed by atoms with Gasteiger partial charge in [-0.15, -0.1) is 0 Å². The van der Waals surface area contributed by atoms with Crippen molar-refractivity contribution in [3.05, 3.63) is 48.0 Å². The van der Waals surface area contributed by atoms with E-state index in [0.717, 1.165) is 5.56 Å². The Morgan fingerprint density at radius 3 is 2.19 bits per heavy atom. The number of methoxy groups -OCH3 is 3. The lowest BCUT2D eigenvalue weighted by atomic mass is 10.1. The van der Waals surface area contributed by atoms with E-state index >= 15 is 0 Å². The van der Waals surface area contributed by atoms with Crippen molar-refractivity contribution in [3.8, 4) is 17.2 Å². The normalized spacial score (nSPS) is 10.0. The summed E-state index contributed by atoms with van der Waals surface area (Å²) in [6, 6.07) is 12.5. The van der Waals surface area contributed by atoms with Crippen LogP contribution in [0.25, 0.3) is 0 Å². The predicted octanol–water partition coefficient (Wildman–Crippen LogP) is 2.40. The SMILES string of the molecule is COc1ccc(NC(=O)CC(=O)NCCc2ccc(OC)c(OC)c2)cc1. The molecule has 0 radical (unpaired) electrons. The number of carbonyl (C=O) groups is 2. The molecule has 0 saturated heterocycles. The molecule has 0 fully saturated rings. The summed E-state index contributed by atoms with van der Waals surface area (Å²) in [5.41, 5.74) is 1.61. The Hall–Kier alpha value is -3.22. The van der Waals surface area contributed by atoms with Crippen molar-refractivity contribution >= 4 is 17.5 Å². The van der Waals surface area contributed by atoms with Gasteiger partial charge in [0.2, 0.25) is 11.8 Å². The lowest BCUT2D eigenvalue weighted by Gasteiger charge is -2.10. The van der Waals surface area contributed by atoms with Crippen molar-refractivity contribution in [1.82, 2.24) is 5.32 Å². The first-order valence-electron chi connectivity index (χ1n) is 8.47. The minimum absolute atomic E-state index is 0.238. The highest BCUT2D eigenvalue weighted by atomic mass is 16.5. The van der Waals surface area contributed by atoms with Crippen LogP contribution < -0.4 is 24.8 Å². The van der Waals surface area contributed by atoms with Crippen LogP contribution in [0.4, 0.5) is 5.69 Å². The maximum Gasteiger partial charge on any atom is 0.233 e. The zero-order valence-corrected chi connectivity index (χ0v) is 15.7. The largest absolute Gasteiger partial charge is 0.497 e. The summed E-state index contributed by atoms with van der Waals surface area (Å²) in [6.45, 7) is 0.421. The van der Waals surface area contributed by atoms with Crippen LogP contribution in [0, 0.1) is 0 Å². The fraction of sp³-hybridized carbons (Fsp3) is 0.300. The Bertz CT molecular complexity index is 774. The van der Waals surface area contributed by atoms with E-state index in [-0.39, 0.29) is 18.2 Å². The molecule has 0 saturated carbocycles. The Kier molecular flexibility index (Phi) is 7.49. The standard InChI is InChI=1S/C20H24N2O5/c1-25-16-7-5-15(6-8-16)22-20(24)13-19(23)21-11-10-14-4-9-17(26-2)18(12-14)27-3/h4-9,12H,10-11,13H2,1-3H3,(H,21,23)(H,22,24). The van der Waals surface area contributed by atoms with Crippen LogP contribution in [0.15, 0.2) is 42.5 Å². The van der Waals surface area contributed by atoms with Crippen molar-refractivity contribution in [2.75, 3.05) is 33.2 Å². The Labute approximate surface area is 158 Å². The molecule has 0 heterocycles. The molecule has 2 amide bonds. The summed E-state index contributed by atoms with van der Waals surface area (Å²) in [4.78, 5) is 23.9. The quantitative estimate of drug-likeness (QED) is 0.660. The van der Waals surface area contributed by atoms with Crippen molar-refractivity contribution in [2.45, 2.75) is 12.8 Å². The van der Waals surface area contributed by atoms with Gasteiger partial charge in [-0.1, -0.05) is 6.07 Å². The summed E-state index contributed by atoms with van der Waals surface area (Å²) in [6.07, 6.45) is 0.379. The van der Waals surface area contributed by atoms with Gasteiger partial charge in [-0.2, -0.15) is 0 Å². The lowest BCUT2D eigenvalue weighted by Crippen LogP contribution is -2.29. The molecule has 144 valence electrons. The highest BCUT2D eigenvalue weighted by Gasteiger charge is 2.10. The number of rotatable bonds is 9. The molecule has 0 bridgehead atoms. The molecular weight excluding hydrogens is 348 g/mol. The average molecular weight is 372 g/mol. The van der Waals surface area contributed by atoms with E-state index in [1.54, 1.807) is 45.6 Å². The van der Waals surface area contributed by atoms with E-state index < -0.39 is 0 Å². The molecule has 2 aromatic rings. The van der Waals surface area contributed by atoms with Crippen molar-refractivity contribution in [1.29, 1.82) is 0 Å². The van der Waals surface area contributed by atoms with Crippen molar-refractivity contribution in [2.24, 2.45) is 0 Å². The molecule has 27 heavy (non-hydrogen) atoms. The molecule has 2 N–H and O–H groups in total. The summed E-state index contributed by atoms with van der Waals surface area (Å²) >= 11 is 0. The zero-order valence-electron chi connectivity index (χ0n) is 15.7. The number of hydrogen-bond acceptors (Lipinski definition) is 5. The summed E-state index contributed by atoms with van der Waals surface area (Å²) in [7, 11) is 4.72. The van der Waals surface area contributed by atoms with Gasteiger partial charge in [-0.05, 0) is 48.4 Å². The fourth-order valence-corrected chi connectivity index (χ4v) is 2.47. The third kappa shape index (κ3) is 6.22. The van der Waals surface area contributed by atoms with Crippen molar-refractivity contribution < 1.29 is 23.8 Å². The average Bonchev–Trinajstić information content (AvgIpc) is 2.68. The minimum Gasteiger partial charge on any atom is -0.497 e. The van der Waals surface area contributed by atoms with Gasteiger partial charge in [0.15, 0.2) is 11.5 Å². The Morgan fingerprint density at radius 2 is 1.56 bits per heavy atom. The van der Waals surface area contributed by atoms with Crippen LogP contribution in [0.5, 0.6) is 17.2 Å². The van der Waals surface area contributed by atoms with Gasteiger partial charge in [0.1, 0.15) is 12.2 Å². The van der Waals surface area contributed by atoms with E-state index in [0.29, 0.717) is 35.9 Å². The first kappa shape index (κ1) is 20.1. The molecule has 7 heteroatoms. The summed E-state index contributed by atoms with van der Waals surface area (Å²) < 4.78 is 15.5. The molecule has 7 nitrogen and oxygen atoms in total. The molecule has 0 aliphatic carbocycles. The number of benzene rings is 2. The summed E-state index contributed by atoms with van der Waals surface area (Å²) in [5.74, 6) is 1.28. The second-order valence-electron chi connectivity index (χ2n) is 5.74. The van der Waals surface area contributed by atoms with E-state index in [1.807, 2.05) is 18.2 Å². The highest BCUT2D eigenvalue weighted by molar-refractivity contribution is 6.03. The molecule has 0 spiro atoms. The fourth-order valence-electron chi connectivity index (χ4n) is 2.47. The van der Waals surface area contributed by atoms with Gasteiger partial charge in [0.05, 0.1) is 21.3 Å². The van der Waals surface area contributed by atoms with Gasteiger partial charge in [0, 0.05) is 12.2 Å². The molecule has 2 rings (SSSR count). The monoisotopic (exact) mass is 372 g/mol. The maximum absolute atomic E-state index is 11.9. The van der Waals surface area contributed by atoms with Crippen LogP contribution in [0.2, 0.25) is 0 Å². The van der Waals surface area contributed by atoms with Crippen LogP contribution in [0.3, 0.4) is 0 Å². The van der Waals surface area contributed by atoms with Gasteiger partial charge >= 0.3 is 0 Å². The summed E-state index contributed by atoms with van der Waals surface area (Å²) in [5, 5.41) is 5.41. The maximum atomic E-state index is 11.9. The first-order valence-corrected chi connectivity index (χ1v) is 8.47. The second kappa shape index (κ2) is 10.1. The molecule has 0 unspecified atom stereocenters. The number of anilines is 1. The third-order valence-corrected chi connectivity index (χ3v) is 3.88. The number of amides is 2. The third-order valence-electron chi connectivity index (χ3n) is 3.88. The van der Waals surface area contributed by atoms with Crippen LogP contribution in [0.1, 0.15) is 12.0 Å². The predicted molar refractivity (Wildman–Crippen MR) is 103 cm³/mol. The topological polar surface area (TPSA) is 85.9 Å². The molecular formula is C20H24N2O5. The second-order valence-corrected chi connectivity index (χ2v) is 5.74. The van der Waals surface area contributed by atoms with E-state index in [2.05, 4.69) is 10.6 Å². The number of ether oxygens (including phenoxy) is 3. The van der Waals surface area contributed by atoms with Crippen LogP contribution >= 0.6 is 0 Å². The van der Waals surface area contributed by atoms with E-state index in [1.165, 1.54) is 0 Å². The van der Waals surface area contributed by atoms with Crippen molar-refractivity contribution in [3.63, 3.8) is 0 Å². The number of nitrogens with one attached hydrogen (secondary N) is 2. The highest BCUT2D eigenvalue weighted by Crippen LogP contribution is 2.27. The van der Waals surface area contributed by atoms with Gasteiger partial charge in [-0.3, -0.25) is 9.59 Å². The first-order chi connectivity index (χ1) is 13.0. The zero-order chi connectivity index (χ0) is 19.6. The molecule has 0 aliphatic rings. The Morgan fingerprint density at radius 1 is 0.852 bits per heavy atom. The molecule has 0 aliphatic heterocycles. The number of hydrogen-bond donors (Lipinski definition) is 2. The van der Waals surface area contributed by atoms with Gasteiger partial charge in [0.25, 0.3) is 0 Å². The van der Waals surface area contributed by atoms with Crippen LogP contribution in [-0.4, -0.2) is 39.7 Å². The molecule has 2 aromatic carbocycles.